The van der Waals surface area contributed by atoms with Crippen LogP contribution in [0.4, 0.5) is 24.1 Å². The van der Waals surface area contributed by atoms with E-state index in [1.165, 1.54) is 11.3 Å². The summed E-state index contributed by atoms with van der Waals surface area (Å²) in [6, 6.07) is 5.94. The second-order valence-electron chi connectivity index (χ2n) is 9.66. The van der Waals surface area contributed by atoms with Crippen molar-refractivity contribution in [1.82, 2.24) is 19.9 Å². The van der Waals surface area contributed by atoms with Gasteiger partial charge in [0, 0.05) is 35.1 Å². The number of aromatic nitrogens is 4. The highest BCUT2D eigenvalue weighted by Crippen LogP contribution is 2.38. The summed E-state index contributed by atoms with van der Waals surface area (Å²) in [6.45, 7) is 8.54. The Morgan fingerprint density at radius 1 is 1.11 bits per heavy atom. The lowest BCUT2D eigenvalue weighted by Gasteiger charge is -2.27. The molecule has 1 aromatic carbocycles. The number of nitrogens with two attached hydrogens (primary N) is 1. The second-order valence-corrected chi connectivity index (χ2v) is 10.7. The lowest BCUT2D eigenvalue weighted by atomic mass is 9.99. The fraction of sp³-hybridized carbons (Fsp3) is 0.385. The van der Waals surface area contributed by atoms with E-state index in [0.29, 0.717) is 41.9 Å². The summed E-state index contributed by atoms with van der Waals surface area (Å²) in [4.78, 5) is 19.8. The number of rotatable bonds is 4. The normalized spacial score (nSPS) is 14.9. The average Bonchev–Trinajstić information content (AvgIpc) is 3.07. The van der Waals surface area contributed by atoms with Gasteiger partial charge in [0.1, 0.15) is 28.5 Å². The Morgan fingerprint density at radius 2 is 1.87 bits per heavy atom. The van der Waals surface area contributed by atoms with Gasteiger partial charge in [0.15, 0.2) is 11.0 Å². The molecule has 0 radical (unpaired) electrons. The van der Waals surface area contributed by atoms with Crippen LogP contribution in [-0.4, -0.2) is 44.4 Å². The zero-order valence-electron chi connectivity index (χ0n) is 21.3. The Morgan fingerprint density at radius 3 is 2.58 bits per heavy atom. The molecule has 3 N–H and O–H groups in total. The van der Waals surface area contributed by atoms with E-state index >= 15 is 0 Å². The first-order valence-electron chi connectivity index (χ1n) is 12.1. The minimum atomic E-state index is -4.87. The third kappa shape index (κ3) is 4.85. The van der Waals surface area contributed by atoms with Gasteiger partial charge in [-0.05, 0) is 49.1 Å². The summed E-state index contributed by atoms with van der Waals surface area (Å²) in [5.74, 6) is 0.385. The average molecular weight is 545 g/mol. The van der Waals surface area contributed by atoms with Crippen LogP contribution in [0, 0.1) is 13.8 Å². The molecule has 1 aliphatic heterocycles. The molecule has 1 atom stereocenters. The summed E-state index contributed by atoms with van der Waals surface area (Å²) in [5, 5.41) is 10.4. The van der Waals surface area contributed by atoms with Gasteiger partial charge in [-0.15, -0.1) is 0 Å². The Hall–Kier alpha value is -3.51. The standard InChI is InChI=1S/C26H27F3N6O2S/c1-12(2)19-14(4)32-22(21(36)26(27,28)29)34-23(19)35-5-6-37-20-13(3)7-15(8-17(20)11-35)16-9-18-24(31-10-16)38-25(30)33-18/h7-10,12,21,36H,5-6,11H2,1-4H3,(H2,30,33). The smallest absolute Gasteiger partial charge is 0.421 e. The number of benzene rings is 1. The molecule has 1 aliphatic rings. The van der Waals surface area contributed by atoms with E-state index in [0.717, 1.165) is 38.4 Å². The molecule has 200 valence electrons. The van der Waals surface area contributed by atoms with Gasteiger partial charge in [0.2, 0.25) is 6.10 Å². The van der Waals surface area contributed by atoms with Crippen LogP contribution in [0.2, 0.25) is 0 Å². The SMILES string of the molecule is Cc1cc(-c2cnc3sc(N)nc3c2)cc2c1OCCN(c1nc(C(O)C(F)(F)F)nc(C)c1C(C)C)C2. The maximum Gasteiger partial charge on any atom is 0.421 e. The first kappa shape index (κ1) is 26.1. The molecule has 0 saturated carbocycles. The fourth-order valence-corrected chi connectivity index (χ4v) is 5.49. The van der Waals surface area contributed by atoms with Crippen LogP contribution in [0.5, 0.6) is 5.75 Å². The maximum absolute atomic E-state index is 13.3. The molecule has 0 spiro atoms. The number of thiazole rings is 1. The molecule has 8 nitrogen and oxygen atoms in total. The molecule has 3 aromatic heterocycles. The van der Waals surface area contributed by atoms with Gasteiger partial charge in [0.05, 0.1) is 6.54 Å². The highest BCUT2D eigenvalue weighted by molar-refractivity contribution is 7.21. The molecular weight excluding hydrogens is 517 g/mol. The third-order valence-electron chi connectivity index (χ3n) is 6.48. The topological polar surface area (TPSA) is 110 Å². The molecule has 0 aliphatic carbocycles. The van der Waals surface area contributed by atoms with Gasteiger partial charge in [0.25, 0.3) is 0 Å². The minimum absolute atomic E-state index is 0.0536. The van der Waals surface area contributed by atoms with Crippen LogP contribution in [0.1, 0.15) is 54.1 Å². The molecule has 0 bridgehead atoms. The van der Waals surface area contributed by atoms with Gasteiger partial charge in [-0.25, -0.2) is 19.9 Å². The summed E-state index contributed by atoms with van der Waals surface area (Å²) in [5.41, 5.74) is 11.2. The quantitative estimate of drug-likeness (QED) is 0.348. The Balaban J connectivity index is 1.58. The second kappa shape index (κ2) is 9.66. The van der Waals surface area contributed by atoms with Gasteiger partial charge in [-0.2, -0.15) is 13.2 Å². The molecule has 4 heterocycles. The van der Waals surface area contributed by atoms with E-state index in [-0.39, 0.29) is 5.92 Å². The van der Waals surface area contributed by atoms with Crippen molar-refractivity contribution in [3.63, 3.8) is 0 Å². The number of aliphatic hydroxyl groups excluding tert-OH is 1. The van der Waals surface area contributed by atoms with Gasteiger partial charge >= 0.3 is 6.18 Å². The van der Waals surface area contributed by atoms with E-state index < -0.39 is 18.1 Å². The summed E-state index contributed by atoms with van der Waals surface area (Å²) < 4.78 is 46.1. The molecular formula is C26H27F3N6O2S. The first-order chi connectivity index (χ1) is 17.9. The molecule has 0 fully saturated rings. The zero-order valence-corrected chi connectivity index (χ0v) is 22.1. The fourth-order valence-electron chi connectivity index (χ4n) is 4.83. The van der Waals surface area contributed by atoms with E-state index in [2.05, 4.69) is 19.9 Å². The monoisotopic (exact) mass is 544 g/mol. The van der Waals surface area contributed by atoms with Crippen LogP contribution in [0.15, 0.2) is 24.4 Å². The van der Waals surface area contributed by atoms with E-state index in [9.17, 15) is 18.3 Å². The number of pyridine rings is 1. The van der Waals surface area contributed by atoms with Crippen LogP contribution in [0.25, 0.3) is 21.5 Å². The number of anilines is 2. The number of alkyl halides is 3. The Labute approximate surface area is 221 Å². The maximum atomic E-state index is 13.3. The molecule has 0 amide bonds. The van der Waals surface area contributed by atoms with Crippen LogP contribution < -0.4 is 15.4 Å². The largest absolute Gasteiger partial charge is 0.491 e. The van der Waals surface area contributed by atoms with Crippen molar-refractivity contribution in [2.45, 2.75) is 52.4 Å². The van der Waals surface area contributed by atoms with Gasteiger partial charge < -0.3 is 20.5 Å². The van der Waals surface area contributed by atoms with Crippen molar-refractivity contribution in [2.24, 2.45) is 0 Å². The number of halogens is 3. The van der Waals surface area contributed by atoms with E-state index in [1.54, 1.807) is 13.1 Å². The highest BCUT2D eigenvalue weighted by atomic mass is 32.1. The minimum Gasteiger partial charge on any atom is -0.491 e. The summed E-state index contributed by atoms with van der Waals surface area (Å²) in [6.07, 6.45) is -5.88. The van der Waals surface area contributed by atoms with Crippen LogP contribution in [0.3, 0.4) is 0 Å². The number of aryl methyl sites for hydroxylation is 2. The molecule has 0 saturated heterocycles. The van der Waals surface area contributed by atoms with Crippen molar-refractivity contribution in [3.05, 3.63) is 52.6 Å². The van der Waals surface area contributed by atoms with Crippen LogP contribution >= 0.6 is 11.3 Å². The Bertz CT molecular complexity index is 1520. The van der Waals surface area contributed by atoms with Crippen molar-refractivity contribution in [3.8, 4) is 16.9 Å². The first-order valence-corrected chi connectivity index (χ1v) is 12.9. The van der Waals surface area contributed by atoms with Crippen molar-refractivity contribution >= 4 is 32.6 Å². The number of aliphatic hydroxyl groups is 1. The summed E-state index contributed by atoms with van der Waals surface area (Å²) >= 11 is 1.32. The summed E-state index contributed by atoms with van der Waals surface area (Å²) in [7, 11) is 0. The lowest BCUT2D eigenvalue weighted by Crippen LogP contribution is -2.30. The van der Waals surface area contributed by atoms with Crippen molar-refractivity contribution < 1.29 is 23.0 Å². The predicted octanol–water partition coefficient (Wildman–Crippen LogP) is 5.47. The van der Waals surface area contributed by atoms with Crippen molar-refractivity contribution in [1.29, 1.82) is 0 Å². The van der Waals surface area contributed by atoms with E-state index in [4.69, 9.17) is 10.5 Å². The molecule has 5 rings (SSSR count). The highest BCUT2D eigenvalue weighted by Gasteiger charge is 2.42. The molecule has 4 aromatic rings. The van der Waals surface area contributed by atoms with E-state index in [1.807, 2.05) is 43.9 Å². The molecule has 38 heavy (non-hydrogen) atoms. The number of hydrogen-bond donors (Lipinski definition) is 2. The number of fused-ring (bicyclic) bond motifs is 2. The zero-order chi connectivity index (χ0) is 27.4. The molecule has 1 unspecified atom stereocenters. The third-order valence-corrected chi connectivity index (χ3v) is 7.29. The van der Waals surface area contributed by atoms with Crippen LogP contribution in [-0.2, 0) is 6.54 Å². The number of nitrogens with zero attached hydrogens (tertiary/aromatic N) is 5. The van der Waals surface area contributed by atoms with Gasteiger partial charge in [-0.3, -0.25) is 0 Å². The molecule has 12 heteroatoms. The lowest BCUT2D eigenvalue weighted by molar-refractivity contribution is -0.209. The number of ether oxygens (including phenoxy) is 1. The van der Waals surface area contributed by atoms with Crippen molar-refractivity contribution in [2.75, 3.05) is 23.8 Å². The Kier molecular flexibility index (Phi) is 6.64. The number of hydrogen-bond acceptors (Lipinski definition) is 9. The predicted molar refractivity (Wildman–Crippen MR) is 140 cm³/mol. The number of nitrogen functional groups attached to an aromatic ring is 1. The van der Waals surface area contributed by atoms with Gasteiger partial charge in [-0.1, -0.05) is 25.2 Å².